The first-order valence-corrected chi connectivity index (χ1v) is 6.96. The average Bonchev–Trinajstić information content (AvgIpc) is 2.50. The van der Waals surface area contributed by atoms with E-state index in [9.17, 15) is 4.79 Å². The number of nitrogens with two attached hydrogens (primary N) is 1. The molecule has 0 radical (unpaired) electrons. The van der Waals surface area contributed by atoms with Gasteiger partial charge in [-0.25, -0.2) is 0 Å². The Morgan fingerprint density at radius 2 is 1.86 bits per heavy atom. The van der Waals surface area contributed by atoms with Crippen LogP contribution in [0.15, 0.2) is 48.5 Å². The van der Waals surface area contributed by atoms with Gasteiger partial charge in [0.25, 0.3) is 0 Å². The van der Waals surface area contributed by atoms with E-state index in [4.69, 9.17) is 10.5 Å². The first kappa shape index (κ1) is 15.1. The van der Waals surface area contributed by atoms with Gasteiger partial charge in [-0.15, -0.1) is 0 Å². The number of hydrogen-bond donors (Lipinski definition) is 2. The van der Waals surface area contributed by atoms with Crippen molar-refractivity contribution in [1.82, 2.24) is 0 Å². The van der Waals surface area contributed by atoms with Crippen LogP contribution in [0.4, 0.5) is 5.69 Å². The maximum absolute atomic E-state index is 11.9. The molecule has 0 saturated carbocycles. The van der Waals surface area contributed by atoms with Crippen LogP contribution in [-0.4, -0.2) is 12.5 Å². The molecule has 0 atom stereocenters. The van der Waals surface area contributed by atoms with Crippen molar-refractivity contribution in [2.45, 2.75) is 19.9 Å². The van der Waals surface area contributed by atoms with E-state index in [0.29, 0.717) is 19.6 Å². The molecule has 0 fully saturated rings. The molecule has 4 nitrogen and oxygen atoms in total. The maximum atomic E-state index is 11.9. The van der Waals surface area contributed by atoms with Crippen molar-refractivity contribution >= 4 is 11.6 Å². The van der Waals surface area contributed by atoms with Gasteiger partial charge in [-0.05, 0) is 30.7 Å². The van der Waals surface area contributed by atoms with Crippen molar-refractivity contribution in [3.63, 3.8) is 0 Å². The lowest BCUT2D eigenvalue weighted by atomic mass is 10.2. The van der Waals surface area contributed by atoms with Crippen LogP contribution in [0.3, 0.4) is 0 Å². The van der Waals surface area contributed by atoms with Crippen LogP contribution in [0.1, 0.15) is 17.5 Å². The minimum Gasteiger partial charge on any atom is -0.493 e. The third kappa shape index (κ3) is 4.61. The number of benzene rings is 2. The van der Waals surface area contributed by atoms with Gasteiger partial charge in [-0.2, -0.15) is 0 Å². The van der Waals surface area contributed by atoms with E-state index in [-0.39, 0.29) is 5.91 Å². The smallest absolute Gasteiger partial charge is 0.227 e. The van der Waals surface area contributed by atoms with Crippen molar-refractivity contribution in [2.24, 2.45) is 5.73 Å². The highest BCUT2D eigenvalue weighted by atomic mass is 16.5. The number of para-hydroxylation sites is 1. The second kappa shape index (κ2) is 7.45. The lowest BCUT2D eigenvalue weighted by molar-refractivity contribution is -0.116. The van der Waals surface area contributed by atoms with Gasteiger partial charge >= 0.3 is 0 Å². The molecule has 21 heavy (non-hydrogen) atoms. The van der Waals surface area contributed by atoms with Gasteiger partial charge in [0.05, 0.1) is 13.0 Å². The maximum Gasteiger partial charge on any atom is 0.227 e. The lowest BCUT2D eigenvalue weighted by Crippen LogP contribution is -2.16. The van der Waals surface area contributed by atoms with Crippen LogP contribution in [-0.2, 0) is 11.3 Å². The molecule has 2 rings (SSSR count). The zero-order valence-corrected chi connectivity index (χ0v) is 12.1. The van der Waals surface area contributed by atoms with Crippen LogP contribution >= 0.6 is 0 Å². The molecule has 0 bridgehead atoms. The molecule has 0 aliphatic rings. The molecule has 0 saturated heterocycles. The summed E-state index contributed by atoms with van der Waals surface area (Å²) in [5.41, 5.74) is 8.50. The quantitative estimate of drug-likeness (QED) is 0.857. The molecule has 2 aromatic carbocycles. The topological polar surface area (TPSA) is 64.3 Å². The number of anilines is 1. The molecule has 0 spiro atoms. The Labute approximate surface area is 124 Å². The highest BCUT2D eigenvalue weighted by Gasteiger charge is 2.06. The fourth-order valence-electron chi connectivity index (χ4n) is 1.93. The van der Waals surface area contributed by atoms with Gasteiger partial charge < -0.3 is 15.8 Å². The summed E-state index contributed by atoms with van der Waals surface area (Å²) < 4.78 is 5.54. The molecule has 3 N–H and O–H groups in total. The summed E-state index contributed by atoms with van der Waals surface area (Å²) in [6.07, 6.45) is 0.298. The Bertz CT molecular complexity index is 594. The van der Waals surface area contributed by atoms with Crippen molar-refractivity contribution in [3.8, 4) is 5.75 Å². The molecule has 4 heteroatoms. The van der Waals surface area contributed by atoms with Gasteiger partial charge in [0.15, 0.2) is 0 Å². The fraction of sp³-hybridized carbons (Fsp3) is 0.235. The van der Waals surface area contributed by atoms with E-state index < -0.39 is 0 Å². The molecule has 0 unspecified atom stereocenters. The van der Waals surface area contributed by atoms with Crippen LogP contribution in [0, 0.1) is 6.92 Å². The van der Waals surface area contributed by atoms with Gasteiger partial charge in [0.2, 0.25) is 5.91 Å². The monoisotopic (exact) mass is 284 g/mol. The zero-order valence-electron chi connectivity index (χ0n) is 12.1. The highest BCUT2D eigenvalue weighted by Crippen LogP contribution is 2.15. The molecular formula is C17H20N2O2. The van der Waals surface area contributed by atoms with Crippen LogP contribution in [0.2, 0.25) is 0 Å². The molecule has 0 aliphatic carbocycles. The number of carbonyl (C=O) groups excluding carboxylic acids is 1. The molecule has 0 aromatic heterocycles. The second-order valence-corrected chi connectivity index (χ2v) is 4.82. The summed E-state index contributed by atoms with van der Waals surface area (Å²) in [6.45, 7) is 2.77. The summed E-state index contributed by atoms with van der Waals surface area (Å²) >= 11 is 0. The summed E-state index contributed by atoms with van der Waals surface area (Å²) in [5, 5.41) is 2.86. The van der Waals surface area contributed by atoms with E-state index in [1.807, 2.05) is 55.5 Å². The average molecular weight is 284 g/mol. The molecule has 0 heterocycles. The number of ether oxygens (including phenoxy) is 1. The molecule has 2 aromatic rings. The third-order valence-corrected chi connectivity index (χ3v) is 3.13. The number of nitrogens with one attached hydrogen (secondary N) is 1. The van der Waals surface area contributed by atoms with Gasteiger partial charge in [-0.3, -0.25) is 4.79 Å². The van der Waals surface area contributed by atoms with Gasteiger partial charge in [-0.1, -0.05) is 35.9 Å². The molecular weight excluding hydrogens is 264 g/mol. The van der Waals surface area contributed by atoms with Crippen molar-refractivity contribution in [1.29, 1.82) is 0 Å². The molecule has 1 amide bonds. The minimum absolute atomic E-state index is 0.0805. The number of rotatable bonds is 6. The van der Waals surface area contributed by atoms with Crippen molar-refractivity contribution < 1.29 is 9.53 Å². The summed E-state index contributed by atoms with van der Waals surface area (Å²) in [6, 6.07) is 15.3. The Morgan fingerprint density at radius 1 is 1.14 bits per heavy atom. The first-order chi connectivity index (χ1) is 10.2. The largest absolute Gasteiger partial charge is 0.493 e. The SMILES string of the molecule is Cc1ccc(OCCC(=O)Nc2ccccc2CN)cc1. The molecule has 0 aliphatic heterocycles. The van der Waals surface area contributed by atoms with E-state index in [2.05, 4.69) is 5.32 Å². The van der Waals surface area contributed by atoms with E-state index in [1.54, 1.807) is 0 Å². The van der Waals surface area contributed by atoms with E-state index in [0.717, 1.165) is 17.0 Å². The summed E-state index contributed by atoms with van der Waals surface area (Å²) in [7, 11) is 0. The lowest BCUT2D eigenvalue weighted by Gasteiger charge is -2.10. The summed E-state index contributed by atoms with van der Waals surface area (Å²) in [5.74, 6) is 0.693. The predicted molar refractivity (Wildman–Crippen MR) is 84.3 cm³/mol. The predicted octanol–water partition coefficient (Wildman–Crippen LogP) is 2.86. The van der Waals surface area contributed by atoms with Crippen molar-refractivity contribution in [3.05, 3.63) is 59.7 Å². The number of carbonyl (C=O) groups is 1. The highest BCUT2D eigenvalue weighted by molar-refractivity contribution is 5.91. The Hall–Kier alpha value is -2.33. The minimum atomic E-state index is -0.0805. The Kier molecular flexibility index (Phi) is 5.35. The zero-order chi connectivity index (χ0) is 15.1. The Morgan fingerprint density at radius 3 is 2.57 bits per heavy atom. The third-order valence-electron chi connectivity index (χ3n) is 3.13. The second-order valence-electron chi connectivity index (χ2n) is 4.82. The van der Waals surface area contributed by atoms with Gasteiger partial charge in [0.1, 0.15) is 5.75 Å². The molecule has 110 valence electrons. The Balaban J connectivity index is 1.81. The fourth-order valence-corrected chi connectivity index (χ4v) is 1.93. The summed E-state index contributed by atoms with van der Waals surface area (Å²) in [4.78, 5) is 11.9. The van der Waals surface area contributed by atoms with Crippen molar-refractivity contribution in [2.75, 3.05) is 11.9 Å². The standard InChI is InChI=1S/C17H20N2O2/c1-13-6-8-15(9-7-13)21-11-10-17(20)19-16-5-3-2-4-14(16)12-18/h2-9H,10-12,18H2,1H3,(H,19,20). The van der Waals surface area contributed by atoms with Crippen LogP contribution in [0.5, 0.6) is 5.75 Å². The number of aryl methyl sites for hydroxylation is 1. The van der Waals surface area contributed by atoms with Crippen LogP contribution < -0.4 is 15.8 Å². The first-order valence-electron chi connectivity index (χ1n) is 6.96. The number of hydrogen-bond acceptors (Lipinski definition) is 3. The van der Waals surface area contributed by atoms with Gasteiger partial charge in [0, 0.05) is 12.2 Å². The van der Waals surface area contributed by atoms with E-state index in [1.165, 1.54) is 5.56 Å². The normalized spacial score (nSPS) is 10.2. The number of amides is 1. The van der Waals surface area contributed by atoms with Crippen LogP contribution in [0.25, 0.3) is 0 Å². The van der Waals surface area contributed by atoms with E-state index >= 15 is 0 Å².